The number of allylic oxidation sites excluding steroid dienone is 1. The molecule has 3 fully saturated rings. The van der Waals surface area contributed by atoms with E-state index >= 15 is 0 Å². The van der Waals surface area contributed by atoms with Crippen molar-refractivity contribution >= 4 is 40.6 Å². The van der Waals surface area contributed by atoms with E-state index < -0.39 is 12.1 Å². The third kappa shape index (κ3) is 7.01. The van der Waals surface area contributed by atoms with Gasteiger partial charge in [-0.15, -0.1) is 0 Å². The molecule has 1 aliphatic carbocycles. The molecule has 0 spiro atoms. The van der Waals surface area contributed by atoms with Gasteiger partial charge in [-0.1, -0.05) is 71.0 Å². The number of aliphatic imine (C=N–C) groups is 2. The number of ether oxygens (including phenoxy) is 1. The first-order valence-corrected chi connectivity index (χ1v) is 19.1. The fourth-order valence-corrected chi connectivity index (χ4v) is 8.55. The maximum atomic E-state index is 13.6. The van der Waals surface area contributed by atoms with Crippen molar-refractivity contribution in [1.29, 1.82) is 0 Å². The first-order chi connectivity index (χ1) is 24.5. The van der Waals surface area contributed by atoms with Crippen LogP contribution in [0.3, 0.4) is 0 Å². The summed E-state index contributed by atoms with van der Waals surface area (Å²) >= 11 is 0. The Labute approximate surface area is 302 Å². The smallest absolute Gasteiger partial charge is 0.407 e. The normalized spacial score (nSPS) is 25.1. The molecule has 3 amide bonds. The highest BCUT2D eigenvalue weighted by atomic mass is 16.5. The zero-order chi connectivity index (χ0) is 36.0. The maximum Gasteiger partial charge on any atom is 0.407 e. The summed E-state index contributed by atoms with van der Waals surface area (Å²) < 4.78 is 4.79. The van der Waals surface area contributed by atoms with Gasteiger partial charge in [-0.2, -0.15) is 0 Å². The summed E-state index contributed by atoms with van der Waals surface area (Å²) in [5.41, 5.74) is 9.60. The van der Waals surface area contributed by atoms with E-state index in [2.05, 4.69) is 73.5 Å². The molecule has 4 heterocycles. The number of hydrogen-bond donors (Lipinski definition) is 1. The fraction of sp³-hybridized carbons (Fsp3) is 0.548. The molecule has 0 bridgehead atoms. The molecular formula is C42H53N5O4. The van der Waals surface area contributed by atoms with Crippen LogP contribution in [0.1, 0.15) is 107 Å². The van der Waals surface area contributed by atoms with Gasteiger partial charge in [-0.05, 0) is 89.7 Å². The number of benzene rings is 2. The third-order valence-electron chi connectivity index (χ3n) is 12.0. The molecular weight excluding hydrogens is 638 g/mol. The highest BCUT2D eigenvalue weighted by Crippen LogP contribution is 2.55. The number of amides is 3. The maximum absolute atomic E-state index is 13.6. The van der Waals surface area contributed by atoms with Crippen LogP contribution in [0.5, 0.6) is 0 Å². The van der Waals surface area contributed by atoms with Crippen LogP contribution in [0.2, 0.25) is 0 Å². The Morgan fingerprint density at radius 2 is 1.45 bits per heavy atom. The predicted molar refractivity (Wildman–Crippen MR) is 201 cm³/mol. The summed E-state index contributed by atoms with van der Waals surface area (Å²) in [5.74, 6) is 1.50. The van der Waals surface area contributed by atoms with Gasteiger partial charge in [-0.3, -0.25) is 19.6 Å². The lowest BCUT2D eigenvalue weighted by Gasteiger charge is -2.30. The first-order valence-electron chi connectivity index (χ1n) is 19.1. The van der Waals surface area contributed by atoms with Crippen molar-refractivity contribution in [3.05, 3.63) is 70.9 Å². The molecule has 0 aromatic heterocycles. The molecule has 0 radical (unpaired) electrons. The summed E-state index contributed by atoms with van der Waals surface area (Å²) in [4.78, 5) is 52.7. The quantitative estimate of drug-likeness (QED) is 0.280. The van der Waals surface area contributed by atoms with Gasteiger partial charge < -0.3 is 19.9 Å². The zero-order valence-electron chi connectivity index (χ0n) is 31.0. The molecule has 2 aromatic carbocycles. The largest absolute Gasteiger partial charge is 0.453 e. The number of nitrogens with one attached hydrogen (secondary N) is 1. The van der Waals surface area contributed by atoms with Crippen molar-refractivity contribution in [2.75, 3.05) is 20.2 Å². The molecule has 6 atom stereocenters. The van der Waals surface area contributed by atoms with E-state index in [1.54, 1.807) is 0 Å². The van der Waals surface area contributed by atoms with E-state index in [1.807, 2.05) is 24.9 Å². The Bertz CT molecular complexity index is 1780. The number of likely N-dealkylation sites (tertiary alicyclic amines) is 2. The molecule has 0 unspecified atom stereocenters. The molecule has 1 saturated carbocycles. The first kappa shape index (κ1) is 35.1. The SMILES string of the molecule is COC(=O)N[C@H](C(=O)N1CCC[C@H]1C1=Nc2ccc([C@H]3C[C@@H]3c3ccc(C4=CN=C([C@@H]5CCCN5C(=O)[C@@H](C)C(C)C)C4)cc3)cc2C1)C(C)C. The van der Waals surface area contributed by atoms with Crippen molar-refractivity contribution in [3.8, 4) is 0 Å². The van der Waals surface area contributed by atoms with Gasteiger partial charge in [0.2, 0.25) is 11.8 Å². The van der Waals surface area contributed by atoms with Gasteiger partial charge in [0.25, 0.3) is 0 Å². The Morgan fingerprint density at radius 1 is 0.804 bits per heavy atom. The molecule has 270 valence electrons. The molecule has 5 aliphatic rings. The summed E-state index contributed by atoms with van der Waals surface area (Å²) in [7, 11) is 1.32. The summed E-state index contributed by atoms with van der Waals surface area (Å²) in [6.07, 6.45) is 7.98. The second kappa shape index (κ2) is 14.4. The molecule has 9 heteroatoms. The Hall–Kier alpha value is -4.27. The summed E-state index contributed by atoms with van der Waals surface area (Å²) in [5, 5.41) is 2.74. The van der Waals surface area contributed by atoms with E-state index in [4.69, 9.17) is 14.7 Å². The minimum Gasteiger partial charge on any atom is -0.453 e. The highest BCUT2D eigenvalue weighted by molar-refractivity contribution is 6.03. The number of carbonyl (C=O) groups is 3. The van der Waals surface area contributed by atoms with Gasteiger partial charge >= 0.3 is 6.09 Å². The van der Waals surface area contributed by atoms with Crippen molar-refractivity contribution < 1.29 is 19.1 Å². The number of methoxy groups -OCH3 is 1. The van der Waals surface area contributed by atoms with Crippen LogP contribution in [0.15, 0.2) is 58.6 Å². The van der Waals surface area contributed by atoms with Gasteiger partial charge in [0.15, 0.2) is 0 Å². The lowest BCUT2D eigenvalue weighted by atomic mass is 9.94. The van der Waals surface area contributed by atoms with Crippen LogP contribution in [0.4, 0.5) is 10.5 Å². The summed E-state index contributed by atoms with van der Waals surface area (Å²) in [6.45, 7) is 11.7. The lowest BCUT2D eigenvalue weighted by molar-refractivity contribution is -0.136. The van der Waals surface area contributed by atoms with Gasteiger partial charge in [0.1, 0.15) is 6.04 Å². The molecule has 2 aromatic rings. The van der Waals surface area contributed by atoms with Crippen LogP contribution in [0.25, 0.3) is 5.57 Å². The van der Waals surface area contributed by atoms with E-state index in [9.17, 15) is 14.4 Å². The van der Waals surface area contributed by atoms with Crippen molar-refractivity contribution in [3.63, 3.8) is 0 Å². The molecule has 4 aliphatic heterocycles. The monoisotopic (exact) mass is 691 g/mol. The highest BCUT2D eigenvalue weighted by Gasteiger charge is 2.42. The van der Waals surface area contributed by atoms with Gasteiger partial charge in [0, 0.05) is 49.5 Å². The Morgan fingerprint density at radius 3 is 2.12 bits per heavy atom. The standard InChI is InChI=1S/C42H53N5O4/c1-24(2)26(5)40(48)46-17-7-9-37(46)35-21-31(23-43-35)27-11-13-28(14-12-27)32-22-33(32)29-15-16-34-30(19-29)20-36(44-34)38-10-8-18-47(38)41(49)39(25(3)4)45-42(50)51-6/h11-16,19,23-26,32-33,37-39H,7-10,17-18,20-22H2,1-6H3,(H,45,50)/t26-,32+,33+,37-,38-,39-/m0/s1. The van der Waals surface area contributed by atoms with Crippen molar-refractivity contribution in [2.24, 2.45) is 27.7 Å². The van der Waals surface area contributed by atoms with Crippen LogP contribution in [-0.4, -0.2) is 77.5 Å². The number of rotatable bonds is 10. The van der Waals surface area contributed by atoms with Crippen LogP contribution < -0.4 is 5.32 Å². The number of fused-ring (bicyclic) bond motifs is 1. The second-order valence-electron chi connectivity index (χ2n) is 16.0. The number of nitrogens with zero attached hydrogens (tertiary/aromatic N) is 4. The average molecular weight is 692 g/mol. The van der Waals surface area contributed by atoms with Crippen LogP contribution >= 0.6 is 0 Å². The zero-order valence-corrected chi connectivity index (χ0v) is 31.0. The number of alkyl carbamates (subject to hydrolysis) is 1. The minimum absolute atomic E-state index is 0.0310. The van der Waals surface area contributed by atoms with E-state index in [0.717, 1.165) is 68.6 Å². The Kier molecular flexibility index (Phi) is 9.92. The van der Waals surface area contributed by atoms with Crippen LogP contribution in [-0.2, 0) is 20.7 Å². The van der Waals surface area contributed by atoms with E-state index in [-0.39, 0.29) is 35.7 Å². The van der Waals surface area contributed by atoms with Gasteiger partial charge in [0.05, 0.1) is 24.9 Å². The molecule has 51 heavy (non-hydrogen) atoms. The topological polar surface area (TPSA) is 104 Å². The summed E-state index contributed by atoms with van der Waals surface area (Å²) in [6, 6.07) is 15.2. The third-order valence-corrected chi connectivity index (χ3v) is 12.0. The minimum atomic E-state index is -0.631. The molecule has 9 nitrogen and oxygen atoms in total. The lowest BCUT2D eigenvalue weighted by Crippen LogP contribution is -2.53. The molecule has 1 N–H and O–H groups in total. The van der Waals surface area contributed by atoms with Gasteiger partial charge in [-0.25, -0.2) is 4.79 Å². The molecule has 2 saturated heterocycles. The van der Waals surface area contributed by atoms with E-state index in [0.29, 0.717) is 24.3 Å². The van der Waals surface area contributed by atoms with Crippen molar-refractivity contribution in [2.45, 2.75) is 110 Å². The second-order valence-corrected chi connectivity index (χ2v) is 16.0. The van der Waals surface area contributed by atoms with Crippen molar-refractivity contribution in [1.82, 2.24) is 15.1 Å². The Balaban J connectivity index is 0.949. The fourth-order valence-electron chi connectivity index (χ4n) is 8.55. The van der Waals surface area contributed by atoms with Crippen LogP contribution in [0, 0.1) is 17.8 Å². The average Bonchev–Trinajstić information content (AvgIpc) is 3.64. The number of hydrogen-bond acceptors (Lipinski definition) is 6. The molecule has 7 rings (SSSR count). The van der Waals surface area contributed by atoms with E-state index in [1.165, 1.54) is 34.9 Å². The number of carbonyl (C=O) groups excluding carboxylic acids is 3. The predicted octanol–water partition coefficient (Wildman–Crippen LogP) is 7.43.